The maximum absolute atomic E-state index is 15.1. The quantitative estimate of drug-likeness (QED) is 0.0747. The van der Waals surface area contributed by atoms with Crippen LogP contribution in [0.25, 0.3) is 0 Å². The number of esters is 2. The Labute approximate surface area is 367 Å². The molecule has 0 bridgehead atoms. The summed E-state index contributed by atoms with van der Waals surface area (Å²) in [6, 6.07) is 15.5. The van der Waals surface area contributed by atoms with E-state index < -0.39 is 92.4 Å². The number of ether oxygens (including phenoxy) is 2. The molecule has 4 aromatic rings. The van der Waals surface area contributed by atoms with Crippen LogP contribution in [0.2, 0.25) is 0 Å². The van der Waals surface area contributed by atoms with Gasteiger partial charge < -0.3 is 9.47 Å². The molecule has 0 radical (unpaired) electrons. The summed E-state index contributed by atoms with van der Waals surface area (Å²) in [6.45, 7) is 4.67. The van der Waals surface area contributed by atoms with Crippen molar-refractivity contribution in [2.45, 2.75) is 57.2 Å². The first-order valence-corrected chi connectivity index (χ1v) is 30.1. The molecule has 3 aliphatic heterocycles. The molecule has 0 unspecified atom stereocenters. The predicted octanol–water partition coefficient (Wildman–Crippen LogP) is 5.82. The number of hydrogen-bond acceptors (Lipinski definition) is 8. The Morgan fingerprint density at radius 3 is 1.43 bits per heavy atom. The van der Waals surface area contributed by atoms with Crippen molar-refractivity contribution >= 4 is 78.5 Å². The summed E-state index contributed by atoms with van der Waals surface area (Å²) in [5.41, 5.74) is -10.0. The van der Waals surface area contributed by atoms with Gasteiger partial charge in [-0.05, 0) is 78.4 Å². The van der Waals surface area contributed by atoms with E-state index in [-0.39, 0.29) is 24.1 Å². The summed E-state index contributed by atoms with van der Waals surface area (Å²) in [6.07, 6.45) is -12.6. The van der Waals surface area contributed by atoms with Gasteiger partial charge in [-0.25, -0.2) is 4.90 Å². The Morgan fingerprint density at radius 2 is 0.983 bits per heavy atom. The van der Waals surface area contributed by atoms with Gasteiger partial charge in [-0.1, -0.05) is 54.1 Å². The van der Waals surface area contributed by atoms with E-state index in [1.165, 1.54) is 38.1 Å². The van der Waals surface area contributed by atoms with Crippen LogP contribution in [0.4, 0.5) is 32.0 Å². The van der Waals surface area contributed by atoms with Crippen LogP contribution in [-0.4, -0.2) is 65.7 Å². The van der Waals surface area contributed by atoms with Crippen LogP contribution in [0.5, 0.6) is 0 Å². The van der Waals surface area contributed by atoms with Gasteiger partial charge >= 0.3 is 74.8 Å². The van der Waals surface area contributed by atoms with Gasteiger partial charge in [-0.3, -0.25) is 33.7 Å². The van der Waals surface area contributed by atoms with Crippen molar-refractivity contribution in [3.05, 3.63) is 135 Å². The third-order valence-electron chi connectivity index (χ3n) is 10.5. The standard InChI is InChI=1S/C41H30F6N2O8.I3/c1-21-5-7-22(8-6-21)19-38(35(54)56-37(2,3)57-36(38)55)20-23-9-13-26(14-10-23)49-33(52)28-16-12-25(18-30(28)34(49)53)39(40(42,43)44,41(45,46)47)24-11-15-27-29(17-24)32(51)48(4)31(27)50;1-3-2/h5-18H,19-20H2,1-4H3;/q;-1. The fourth-order valence-corrected chi connectivity index (χ4v) is 7.55. The van der Waals surface area contributed by atoms with Crippen LogP contribution in [0.1, 0.15) is 83.1 Å². The number of fused-ring (bicyclic) bond motifs is 2. The second kappa shape index (κ2) is 16.3. The second-order valence-corrected chi connectivity index (χ2v) is 30.9. The van der Waals surface area contributed by atoms with Crippen LogP contribution in [0, 0.1) is 12.3 Å². The summed E-state index contributed by atoms with van der Waals surface area (Å²) in [5.74, 6) is -7.49. The Kier molecular flexibility index (Phi) is 12.3. The molecule has 4 amide bonds. The number of aryl methyl sites for hydroxylation is 1. The van der Waals surface area contributed by atoms with Gasteiger partial charge in [0.25, 0.3) is 29.4 Å². The van der Waals surface area contributed by atoms with E-state index in [1.54, 1.807) is 24.3 Å². The zero-order valence-corrected chi connectivity index (χ0v) is 38.0. The molecule has 0 aromatic heterocycles. The second-order valence-electron chi connectivity index (χ2n) is 14.7. The van der Waals surface area contributed by atoms with Crippen molar-refractivity contribution in [3.8, 4) is 0 Å². The van der Waals surface area contributed by atoms with E-state index in [1.807, 2.05) is 6.92 Å². The Bertz CT molecular complexity index is 2420. The first-order chi connectivity index (χ1) is 27.9. The molecule has 1 saturated heterocycles. The monoisotopic (exact) mass is 1170 g/mol. The SMILES string of the molecule is Cc1ccc(CC2(Cc3ccc(N4C(=O)c5ccc(C(c6ccc7c(c6)C(=O)N(C)C7=O)(C(F)(F)F)C(F)(F)F)cc5C4=O)cc3)C(=O)OC(C)(C)OC2=O)cc1.I[I-]I. The number of alkyl halides is 6. The van der Waals surface area contributed by atoms with Gasteiger partial charge in [0.2, 0.25) is 5.41 Å². The topological polar surface area (TPSA) is 127 Å². The van der Waals surface area contributed by atoms with Gasteiger partial charge in [0.15, 0.2) is 5.41 Å². The molecule has 0 N–H and O–H groups in total. The number of imide groups is 2. The molecule has 316 valence electrons. The first-order valence-electron chi connectivity index (χ1n) is 17.6. The fraction of sp³-hybridized carbons (Fsp3) is 0.268. The van der Waals surface area contributed by atoms with E-state index in [0.717, 1.165) is 12.6 Å². The molecule has 1 fully saturated rings. The predicted molar refractivity (Wildman–Crippen MR) is 215 cm³/mol. The van der Waals surface area contributed by atoms with Crippen molar-refractivity contribution < 1.29 is 77.8 Å². The summed E-state index contributed by atoms with van der Waals surface area (Å²) in [7, 11) is 1.03. The Morgan fingerprint density at radius 1 is 0.600 bits per heavy atom. The number of hydrogen-bond donors (Lipinski definition) is 0. The number of cyclic esters (lactones) is 2. The molecular formula is C41H30F6I3N2O8-. The average Bonchev–Trinajstić information content (AvgIpc) is 3.53. The number of amides is 4. The average molecular weight is 1170 g/mol. The normalized spacial score (nSPS) is 17.3. The van der Waals surface area contributed by atoms with Crippen LogP contribution >= 0.6 is 37.2 Å². The van der Waals surface area contributed by atoms with Gasteiger partial charge in [0.1, 0.15) is 0 Å². The summed E-state index contributed by atoms with van der Waals surface area (Å²) >= 11 is 5.30. The van der Waals surface area contributed by atoms with Gasteiger partial charge in [-0.2, -0.15) is 26.3 Å². The molecule has 0 saturated carbocycles. The molecule has 3 heterocycles. The molecule has 10 nitrogen and oxygen atoms in total. The number of benzene rings is 4. The minimum atomic E-state index is -6.11. The summed E-state index contributed by atoms with van der Waals surface area (Å²) in [5, 5.41) is 0. The molecule has 4 aromatic carbocycles. The fourth-order valence-electron chi connectivity index (χ4n) is 7.55. The Balaban J connectivity index is 0.00000195. The molecule has 0 spiro atoms. The molecular weight excluding hydrogens is 1140 g/mol. The van der Waals surface area contributed by atoms with Crippen LogP contribution in [0.15, 0.2) is 84.9 Å². The third kappa shape index (κ3) is 7.70. The molecule has 60 heavy (non-hydrogen) atoms. The van der Waals surface area contributed by atoms with Crippen LogP contribution in [-0.2, 0) is 37.3 Å². The molecule has 3 aliphatic rings. The zero-order chi connectivity index (χ0) is 44.3. The van der Waals surface area contributed by atoms with Crippen LogP contribution in [0.3, 0.4) is 0 Å². The number of carbonyl (C=O) groups is 6. The van der Waals surface area contributed by atoms with Crippen molar-refractivity contribution in [3.63, 3.8) is 0 Å². The van der Waals surface area contributed by atoms with E-state index in [0.29, 0.717) is 70.6 Å². The molecule has 19 heteroatoms. The van der Waals surface area contributed by atoms with Crippen molar-refractivity contribution in [2.24, 2.45) is 5.41 Å². The number of anilines is 1. The van der Waals surface area contributed by atoms with E-state index >= 15 is 26.3 Å². The molecule has 0 atom stereocenters. The van der Waals surface area contributed by atoms with Crippen LogP contribution < -0.4 is 18.2 Å². The summed E-state index contributed by atoms with van der Waals surface area (Å²) < 4.78 is 101. The van der Waals surface area contributed by atoms with Crippen molar-refractivity contribution in [1.29, 1.82) is 0 Å². The van der Waals surface area contributed by atoms with E-state index in [2.05, 4.69) is 37.2 Å². The Hall–Kier alpha value is -4.13. The zero-order valence-electron chi connectivity index (χ0n) is 31.6. The van der Waals surface area contributed by atoms with Crippen molar-refractivity contribution in [1.82, 2.24) is 4.90 Å². The van der Waals surface area contributed by atoms with E-state index in [4.69, 9.17) is 9.47 Å². The number of halogens is 9. The number of rotatable bonds is 7. The van der Waals surface area contributed by atoms with Gasteiger partial charge in [-0.15, -0.1) is 0 Å². The van der Waals surface area contributed by atoms with Crippen molar-refractivity contribution in [2.75, 3.05) is 11.9 Å². The van der Waals surface area contributed by atoms with Gasteiger partial charge in [0.05, 0.1) is 27.9 Å². The minimum absolute atomic E-state index is 0.0994. The summed E-state index contributed by atoms with van der Waals surface area (Å²) in [4.78, 5) is 80.4. The van der Waals surface area contributed by atoms with Gasteiger partial charge in [0, 0.05) is 20.9 Å². The molecule has 0 aliphatic carbocycles. The first kappa shape index (κ1) is 45.4. The number of carbonyl (C=O) groups excluding carboxylic acids is 6. The molecule has 7 rings (SSSR count). The maximum atomic E-state index is 15.1. The number of nitrogens with zero attached hydrogens (tertiary/aromatic N) is 2. The third-order valence-corrected chi connectivity index (χ3v) is 10.5. The van der Waals surface area contributed by atoms with E-state index in [9.17, 15) is 28.8 Å².